The minimum atomic E-state index is -4.69. The molecule has 0 heterocycles. The predicted octanol–water partition coefficient (Wildman–Crippen LogP) is 2.73. The van der Waals surface area contributed by atoms with Crippen LogP contribution in [0, 0.1) is 0 Å². The maximum atomic E-state index is 12.6. The number of carbonyl (C=O) groups excluding carboxylic acids is 2. The van der Waals surface area contributed by atoms with Crippen molar-refractivity contribution in [3.05, 3.63) is 28.8 Å². The maximum Gasteiger partial charge on any atom is 0.417 e. The van der Waals surface area contributed by atoms with Gasteiger partial charge in [0.15, 0.2) is 12.1 Å². The van der Waals surface area contributed by atoms with Gasteiger partial charge in [0, 0.05) is 5.56 Å². The van der Waals surface area contributed by atoms with Crippen molar-refractivity contribution < 1.29 is 27.5 Å². The minimum absolute atomic E-state index is 0.0159. The number of Topliss-reactive ketones (excluding diaryl/α,β-unsaturated/α-hetero) is 1. The third-order valence-corrected chi connectivity index (χ3v) is 2.20. The van der Waals surface area contributed by atoms with Crippen LogP contribution in [0.25, 0.3) is 0 Å². The van der Waals surface area contributed by atoms with E-state index in [-0.39, 0.29) is 17.6 Å². The van der Waals surface area contributed by atoms with Crippen LogP contribution in [-0.2, 0) is 6.18 Å². The molecule has 17 heavy (non-hydrogen) atoms. The molecule has 0 unspecified atom stereocenters. The van der Waals surface area contributed by atoms with E-state index in [1.165, 1.54) is 7.11 Å². The van der Waals surface area contributed by atoms with Crippen LogP contribution in [0.2, 0.25) is 0 Å². The van der Waals surface area contributed by atoms with E-state index in [1.807, 2.05) is 0 Å². The van der Waals surface area contributed by atoms with Crippen LogP contribution < -0.4 is 4.74 Å². The van der Waals surface area contributed by atoms with Gasteiger partial charge in [0.05, 0.1) is 18.2 Å². The molecule has 0 atom stereocenters. The third kappa shape index (κ3) is 2.46. The van der Waals surface area contributed by atoms with Crippen LogP contribution in [0.3, 0.4) is 0 Å². The molecule has 0 saturated carbocycles. The third-order valence-electron chi connectivity index (χ3n) is 2.20. The molecule has 0 saturated heterocycles. The first kappa shape index (κ1) is 13.2. The highest BCUT2D eigenvalue weighted by molar-refractivity contribution is 6.04. The smallest absolute Gasteiger partial charge is 0.417 e. The molecule has 3 nitrogen and oxygen atoms in total. The number of alkyl halides is 3. The highest BCUT2D eigenvalue weighted by Crippen LogP contribution is 2.36. The van der Waals surface area contributed by atoms with E-state index in [2.05, 4.69) is 0 Å². The van der Waals surface area contributed by atoms with Crippen LogP contribution in [0.1, 0.15) is 33.2 Å². The fourth-order valence-electron chi connectivity index (χ4n) is 1.50. The molecule has 1 aromatic rings. The van der Waals surface area contributed by atoms with Gasteiger partial charge in [0.2, 0.25) is 0 Å². The fraction of sp³-hybridized carbons (Fsp3) is 0.273. The number of benzene rings is 1. The number of hydrogen-bond donors (Lipinski definition) is 0. The second-order valence-electron chi connectivity index (χ2n) is 3.28. The Hall–Kier alpha value is -1.85. The molecule has 0 aromatic heterocycles. The van der Waals surface area contributed by atoms with Crippen LogP contribution in [-0.4, -0.2) is 19.2 Å². The molecule has 0 aliphatic heterocycles. The average Bonchev–Trinajstić information content (AvgIpc) is 2.25. The summed E-state index contributed by atoms with van der Waals surface area (Å²) in [5.74, 6) is -0.706. The molecule has 0 fully saturated rings. The summed E-state index contributed by atoms with van der Waals surface area (Å²) in [7, 11) is 1.21. The van der Waals surface area contributed by atoms with Crippen LogP contribution >= 0.6 is 0 Å². The van der Waals surface area contributed by atoms with E-state index in [9.17, 15) is 22.8 Å². The normalized spacial score (nSPS) is 11.1. The Bertz CT molecular complexity index is 464. The lowest BCUT2D eigenvalue weighted by atomic mass is 9.98. The average molecular weight is 246 g/mol. The summed E-state index contributed by atoms with van der Waals surface area (Å²) in [5.41, 5.74) is -2.18. The van der Waals surface area contributed by atoms with E-state index in [4.69, 9.17) is 4.74 Å². The number of halogens is 3. The molecule has 1 rings (SSSR count). The topological polar surface area (TPSA) is 43.4 Å². The number of aldehydes is 1. The zero-order valence-corrected chi connectivity index (χ0v) is 9.09. The van der Waals surface area contributed by atoms with Crippen molar-refractivity contribution in [1.29, 1.82) is 0 Å². The largest absolute Gasteiger partial charge is 0.496 e. The van der Waals surface area contributed by atoms with Gasteiger partial charge >= 0.3 is 6.18 Å². The summed E-state index contributed by atoms with van der Waals surface area (Å²) in [6.07, 6.45) is -4.67. The fourth-order valence-corrected chi connectivity index (χ4v) is 1.50. The van der Waals surface area contributed by atoms with E-state index in [0.717, 1.165) is 19.1 Å². The second kappa shape index (κ2) is 4.57. The summed E-state index contributed by atoms with van der Waals surface area (Å²) in [4.78, 5) is 22.0. The molecular weight excluding hydrogens is 237 g/mol. The van der Waals surface area contributed by atoms with Crippen molar-refractivity contribution in [3.8, 4) is 5.75 Å². The van der Waals surface area contributed by atoms with Gasteiger partial charge in [0.1, 0.15) is 5.75 Å². The lowest BCUT2D eigenvalue weighted by molar-refractivity contribution is -0.137. The Morgan fingerprint density at radius 2 is 1.94 bits per heavy atom. The van der Waals surface area contributed by atoms with E-state index >= 15 is 0 Å². The Morgan fingerprint density at radius 3 is 2.29 bits per heavy atom. The van der Waals surface area contributed by atoms with Crippen molar-refractivity contribution in [2.45, 2.75) is 13.1 Å². The molecule has 0 aliphatic carbocycles. The Labute approximate surface area is 95.2 Å². The molecular formula is C11H9F3O3. The van der Waals surface area contributed by atoms with Gasteiger partial charge in [-0.1, -0.05) is 0 Å². The van der Waals surface area contributed by atoms with Crippen molar-refractivity contribution >= 4 is 12.1 Å². The predicted molar refractivity (Wildman–Crippen MR) is 53.4 cm³/mol. The minimum Gasteiger partial charge on any atom is -0.496 e. The number of rotatable bonds is 3. The first-order chi connectivity index (χ1) is 7.82. The van der Waals surface area contributed by atoms with Crippen molar-refractivity contribution in [2.75, 3.05) is 7.11 Å². The molecule has 92 valence electrons. The Morgan fingerprint density at radius 1 is 1.35 bits per heavy atom. The molecule has 0 N–H and O–H groups in total. The molecule has 0 radical (unpaired) electrons. The van der Waals surface area contributed by atoms with Gasteiger partial charge < -0.3 is 4.74 Å². The van der Waals surface area contributed by atoms with Crippen LogP contribution in [0.4, 0.5) is 13.2 Å². The molecule has 6 heteroatoms. The number of ketones is 1. The van der Waals surface area contributed by atoms with E-state index in [0.29, 0.717) is 0 Å². The second-order valence-corrected chi connectivity index (χ2v) is 3.28. The lowest BCUT2D eigenvalue weighted by Gasteiger charge is -2.14. The quantitative estimate of drug-likeness (QED) is 0.608. The number of hydrogen-bond acceptors (Lipinski definition) is 3. The molecule has 0 bridgehead atoms. The van der Waals surface area contributed by atoms with Crippen LogP contribution in [0.15, 0.2) is 12.1 Å². The van der Waals surface area contributed by atoms with Gasteiger partial charge in [0.25, 0.3) is 0 Å². The number of methoxy groups -OCH3 is 1. The Kier molecular flexibility index (Phi) is 3.55. The summed E-state index contributed by atoms with van der Waals surface area (Å²) >= 11 is 0. The zero-order chi connectivity index (χ0) is 13.2. The summed E-state index contributed by atoms with van der Waals surface area (Å²) in [6.45, 7) is 1.07. The summed E-state index contributed by atoms with van der Waals surface area (Å²) in [5, 5.41) is 0. The van der Waals surface area contributed by atoms with Gasteiger partial charge in [-0.3, -0.25) is 9.59 Å². The van der Waals surface area contributed by atoms with Crippen molar-refractivity contribution in [1.82, 2.24) is 0 Å². The first-order valence-corrected chi connectivity index (χ1v) is 4.57. The molecule has 1 aromatic carbocycles. The van der Waals surface area contributed by atoms with E-state index in [1.54, 1.807) is 0 Å². The standard InChI is InChI=1S/C11H9F3O3/c1-6(16)10-7(5-15)8(11(12,13)14)3-4-9(10)17-2/h3-5H,1-2H3. The summed E-state index contributed by atoms with van der Waals surface area (Å²) in [6, 6.07) is 1.74. The first-order valence-electron chi connectivity index (χ1n) is 4.57. The van der Waals surface area contributed by atoms with Crippen LogP contribution in [0.5, 0.6) is 5.75 Å². The monoisotopic (exact) mass is 246 g/mol. The van der Waals surface area contributed by atoms with Crippen molar-refractivity contribution in [2.24, 2.45) is 0 Å². The number of carbonyl (C=O) groups is 2. The van der Waals surface area contributed by atoms with Gasteiger partial charge in [-0.15, -0.1) is 0 Å². The van der Waals surface area contributed by atoms with Gasteiger partial charge in [-0.05, 0) is 19.1 Å². The lowest BCUT2D eigenvalue weighted by Crippen LogP contribution is -2.13. The Balaban J connectivity index is 3.64. The maximum absolute atomic E-state index is 12.6. The molecule has 0 aliphatic rings. The molecule has 0 spiro atoms. The highest BCUT2D eigenvalue weighted by Gasteiger charge is 2.35. The zero-order valence-electron chi connectivity index (χ0n) is 9.09. The molecule has 0 amide bonds. The number of ether oxygens (including phenoxy) is 1. The van der Waals surface area contributed by atoms with E-state index < -0.39 is 23.1 Å². The highest BCUT2D eigenvalue weighted by atomic mass is 19.4. The van der Waals surface area contributed by atoms with Gasteiger partial charge in [-0.25, -0.2) is 0 Å². The summed E-state index contributed by atoms with van der Waals surface area (Å²) < 4.78 is 42.6. The van der Waals surface area contributed by atoms with Crippen molar-refractivity contribution in [3.63, 3.8) is 0 Å². The van der Waals surface area contributed by atoms with Gasteiger partial charge in [-0.2, -0.15) is 13.2 Å². The SMILES string of the molecule is COc1ccc(C(F)(F)F)c(C=O)c1C(C)=O.